The first-order valence-corrected chi connectivity index (χ1v) is 6.50. The van der Waals surface area contributed by atoms with E-state index < -0.39 is 11.6 Å². The zero-order valence-electron chi connectivity index (χ0n) is 11.6. The molecule has 1 heterocycles. The second kappa shape index (κ2) is 6.41. The zero-order valence-corrected chi connectivity index (χ0v) is 11.6. The third-order valence-corrected chi connectivity index (χ3v) is 2.99. The van der Waals surface area contributed by atoms with Crippen molar-refractivity contribution in [1.82, 2.24) is 10.6 Å². The van der Waals surface area contributed by atoms with Crippen LogP contribution >= 0.6 is 0 Å². The van der Waals surface area contributed by atoms with Crippen LogP contribution in [0.2, 0.25) is 0 Å². The van der Waals surface area contributed by atoms with Crippen molar-refractivity contribution in [3.63, 3.8) is 0 Å². The van der Waals surface area contributed by atoms with Crippen molar-refractivity contribution < 1.29 is 18.7 Å². The van der Waals surface area contributed by atoms with E-state index >= 15 is 0 Å². The van der Waals surface area contributed by atoms with Crippen molar-refractivity contribution in [3.05, 3.63) is 59.8 Å². The number of carbonyl (C=O) groups is 1. The first-order valence-electron chi connectivity index (χ1n) is 6.50. The van der Waals surface area contributed by atoms with E-state index in [4.69, 9.17) is 4.42 Å². The number of halogens is 1. The quantitative estimate of drug-likeness (QED) is 0.790. The Morgan fingerprint density at radius 2 is 2.14 bits per heavy atom. The van der Waals surface area contributed by atoms with E-state index in [2.05, 4.69) is 10.6 Å². The second-order valence-electron chi connectivity index (χ2n) is 4.92. The van der Waals surface area contributed by atoms with Gasteiger partial charge in [0.25, 0.3) is 0 Å². The third-order valence-electron chi connectivity index (χ3n) is 2.99. The fraction of sp³-hybridized carbons (Fsp3) is 0.267. The fourth-order valence-electron chi connectivity index (χ4n) is 1.82. The van der Waals surface area contributed by atoms with Gasteiger partial charge in [0.1, 0.15) is 17.2 Å². The number of urea groups is 1. The van der Waals surface area contributed by atoms with Gasteiger partial charge in [0.15, 0.2) is 0 Å². The van der Waals surface area contributed by atoms with Crippen molar-refractivity contribution in [2.75, 3.05) is 6.54 Å². The first-order chi connectivity index (χ1) is 9.97. The standard InChI is InChI=1S/C15H17FN2O3/c1-15(20,13-6-3-7-21-13)10-18-14(19)17-9-11-4-2-5-12(16)8-11/h2-8,20H,9-10H2,1H3,(H2,17,18,19). The number of nitrogens with one attached hydrogen (secondary N) is 2. The number of furan rings is 1. The predicted octanol–water partition coefficient (Wildman–Crippen LogP) is 2.13. The molecule has 2 rings (SSSR count). The maximum Gasteiger partial charge on any atom is 0.315 e. The molecule has 2 aromatic rings. The Morgan fingerprint density at radius 1 is 1.33 bits per heavy atom. The lowest BCUT2D eigenvalue weighted by atomic mass is 10.0. The van der Waals surface area contributed by atoms with E-state index in [1.54, 1.807) is 31.2 Å². The normalized spacial score (nSPS) is 13.5. The molecule has 112 valence electrons. The minimum absolute atomic E-state index is 0.00447. The molecule has 0 aliphatic heterocycles. The zero-order chi connectivity index (χ0) is 15.3. The minimum Gasteiger partial charge on any atom is -0.466 e. The Kier molecular flexibility index (Phi) is 4.59. The van der Waals surface area contributed by atoms with Gasteiger partial charge in [-0.1, -0.05) is 12.1 Å². The average Bonchev–Trinajstić information content (AvgIpc) is 2.98. The van der Waals surface area contributed by atoms with Gasteiger partial charge in [0.05, 0.1) is 12.8 Å². The summed E-state index contributed by atoms with van der Waals surface area (Å²) >= 11 is 0. The van der Waals surface area contributed by atoms with Crippen molar-refractivity contribution in [1.29, 1.82) is 0 Å². The van der Waals surface area contributed by atoms with Crippen LogP contribution in [0.15, 0.2) is 47.1 Å². The molecule has 0 saturated carbocycles. The van der Waals surface area contributed by atoms with Gasteiger partial charge < -0.3 is 20.2 Å². The van der Waals surface area contributed by atoms with Crippen molar-refractivity contribution >= 4 is 6.03 Å². The van der Waals surface area contributed by atoms with Gasteiger partial charge in [-0.05, 0) is 36.8 Å². The third kappa shape index (κ3) is 4.32. The summed E-state index contributed by atoms with van der Waals surface area (Å²) in [4.78, 5) is 11.7. The number of hydrogen-bond donors (Lipinski definition) is 3. The number of amides is 2. The molecule has 21 heavy (non-hydrogen) atoms. The Hall–Kier alpha value is -2.34. The lowest BCUT2D eigenvalue weighted by Crippen LogP contribution is -2.43. The molecule has 1 atom stereocenters. The SMILES string of the molecule is CC(O)(CNC(=O)NCc1cccc(F)c1)c1ccco1. The molecule has 3 N–H and O–H groups in total. The molecule has 2 amide bonds. The highest BCUT2D eigenvalue weighted by atomic mass is 19.1. The topological polar surface area (TPSA) is 74.5 Å². The van der Waals surface area contributed by atoms with Crippen molar-refractivity contribution in [3.8, 4) is 0 Å². The number of aliphatic hydroxyl groups is 1. The van der Waals surface area contributed by atoms with Crippen LogP contribution in [0, 0.1) is 5.82 Å². The number of hydrogen-bond acceptors (Lipinski definition) is 3. The van der Waals surface area contributed by atoms with E-state index in [1.807, 2.05) is 0 Å². The number of carbonyl (C=O) groups excluding carboxylic acids is 1. The van der Waals surface area contributed by atoms with E-state index in [-0.39, 0.29) is 18.9 Å². The highest BCUT2D eigenvalue weighted by Gasteiger charge is 2.26. The van der Waals surface area contributed by atoms with Crippen molar-refractivity contribution in [2.24, 2.45) is 0 Å². The summed E-state index contributed by atoms with van der Waals surface area (Å²) in [6, 6.07) is 8.81. The smallest absolute Gasteiger partial charge is 0.315 e. The van der Waals surface area contributed by atoms with E-state index in [1.165, 1.54) is 18.4 Å². The first kappa shape index (κ1) is 15.1. The fourth-order valence-corrected chi connectivity index (χ4v) is 1.82. The van der Waals surface area contributed by atoms with Crippen LogP contribution in [0.25, 0.3) is 0 Å². The van der Waals surface area contributed by atoms with Gasteiger partial charge in [-0.25, -0.2) is 9.18 Å². The minimum atomic E-state index is -1.29. The van der Waals surface area contributed by atoms with Crippen molar-refractivity contribution in [2.45, 2.75) is 19.1 Å². The predicted molar refractivity (Wildman–Crippen MR) is 74.9 cm³/mol. The summed E-state index contributed by atoms with van der Waals surface area (Å²) in [7, 11) is 0. The lowest BCUT2D eigenvalue weighted by molar-refractivity contribution is 0.0367. The Morgan fingerprint density at radius 3 is 2.81 bits per heavy atom. The largest absolute Gasteiger partial charge is 0.466 e. The molecule has 1 unspecified atom stereocenters. The van der Waals surface area contributed by atoms with E-state index in [0.29, 0.717) is 11.3 Å². The van der Waals surface area contributed by atoms with Crippen LogP contribution in [0.4, 0.5) is 9.18 Å². The van der Waals surface area contributed by atoms with Gasteiger partial charge in [-0.15, -0.1) is 0 Å². The Bertz CT molecular complexity index is 597. The van der Waals surface area contributed by atoms with Crippen LogP contribution in [0.1, 0.15) is 18.2 Å². The summed E-state index contributed by atoms with van der Waals surface area (Å²) in [5.41, 5.74) is -0.636. The molecule has 0 bridgehead atoms. The molecule has 0 saturated heterocycles. The molecule has 0 fully saturated rings. The van der Waals surface area contributed by atoms with Crippen LogP contribution in [0.5, 0.6) is 0 Å². The van der Waals surface area contributed by atoms with Crippen LogP contribution < -0.4 is 10.6 Å². The molecule has 5 nitrogen and oxygen atoms in total. The lowest BCUT2D eigenvalue weighted by Gasteiger charge is -2.21. The Labute approximate surface area is 121 Å². The maximum atomic E-state index is 13.0. The van der Waals surface area contributed by atoms with Crippen LogP contribution in [-0.4, -0.2) is 17.7 Å². The van der Waals surface area contributed by atoms with Gasteiger partial charge in [-0.2, -0.15) is 0 Å². The van der Waals surface area contributed by atoms with Gasteiger partial charge in [0, 0.05) is 6.54 Å². The monoisotopic (exact) mass is 292 g/mol. The second-order valence-corrected chi connectivity index (χ2v) is 4.92. The van der Waals surface area contributed by atoms with Gasteiger partial charge in [-0.3, -0.25) is 0 Å². The maximum absolute atomic E-state index is 13.0. The Balaban J connectivity index is 1.80. The molecular formula is C15H17FN2O3. The number of rotatable bonds is 5. The summed E-state index contributed by atoms with van der Waals surface area (Å²) < 4.78 is 18.1. The average molecular weight is 292 g/mol. The molecule has 0 radical (unpaired) electrons. The molecule has 0 spiro atoms. The summed E-state index contributed by atoms with van der Waals surface area (Å²) in [5, 5.41) is 15.3. The number of benzene rings is 1. The van der Waals surface area contributed by atoms with Crippen LogP contribution in [-0.2, 0) is 12.1 Å². The summed E-state index contributed by atoms with van der Waals surface area (Å²) in [6.45, 7) is 1.74. The van der Waals surface area contributed by atoms with Gasteiger partial charge >= 0.3 is 6.03 Å². The summed E-state index contributed by atoms with van der Waals surface area (Å²) in [6.07, 6.45) is 1.45. The molecule has 1 aromatic heterocycles. The molecule has 0 aliphatic rings. The molecule has 0 aliphatic carbocycles. The van der Waals surface area contributed by atoms with E-state index in [9.17, 15) is 14.3 Å². The molecule has 6 heteroatoms. The van der Waals surface area contributed by atoms with Gasteiger partial charge in [0.2, 0.25) is 0 Å². The highest BCUT2D eigenvalue weighted by Crippen LogP contribution is 2.19. The molecular weight excluding hydrogens is 275 g/mol. The summed E-state index contributed by atoms with van der Waals surface area (Å²) in [5.74, 6) is 0.0170. The highest BCUT2D eigenvalue weighted by molar-refractivity contribution is 5.73. The van der Waals surface area contributed by atoms with Crippen LogP contribution in [0.3, 0.4) is 0 Å². The molecule has 1 aromatic carbocycles. The van der Waals surface area contributed by atoms with E-state index in [0.717, 1.165) is 0 Å².